The number of carbonyl (C=O) groups excluding carboxylic acids is 2. The molecule has 2 aliphatic rings. The molecule has 8 heteroatoms. The van der Waals surface area contributed by atoms with Gasteiger partial charge >= 0.3 is 5.97 Å². The van der Waals surface area contributed by atoms with Crippen molar-refractivity contribution in [2.24, 2.45) is 0 Å². The number of ether oxygens (including phenoxy) is 1. The fraction of sp³-hybridized carbons (Fsp3) is 0.476. The van der Waals surface area contributed by atoms with Crippen molar-refractivity contribution in [2.45, 2.75) is 44.2 Å². The van der Waals surface area contributed by atoms with E-state index >= 15 is 0 Å². The molecular weight excluding hydrogens is 392 g/mol. The summed E-state index contributed by atoms with van der Waals surface area (Å²) in [5, 5.41) is 0.691. The molecule has 1 saturated carbocycles. The molecule has 0 spiro atoms. The van der Waals surface area contributed by atoms with Crippen LogP contribution in [0.4, 0.5) is 0 Å². The summed E-state index contributed by atoms with van der Waals surface area (Å²) < 4.78 is 28.9. The van der Waals surface area contributed by atoms with Gasteiger partial charge in [-0.1, -0.05) is 18.2 Å². The molecule has 0 bridgehead atoms. The number of nitrogens with zero attached hydrogens (tertiary/aromatic N) is 2. The molecule has 154 valence electrons. The number of hydrogen-bond acceptors (Lipinski definition) is 6. The normalized spacial score (nSPS) is 21.7. The summed E-state index contributed by atoms with van der Waals surface area (Å²) in [6.45, 7) is 1.52. The van der Waals surface area contributed by atoms with Crippen molar-refractivity contribution in [2.75, 3.05) is 18.6 Å². The Bertz CT molecular complexity index is 1080. The van der Waals surface area contributed by atoms with Crippen molar-refractivity contribution >= 4 is 32.6 Å². The number of fused-ring (bicyclic) bond motifs is 1. The van der Waals surface area contributed by atoms with E-state index in [2.05, 4.69) is 4.98 Å². The number of esters is 1. The molecule has 2 heterocycles. The Balaban J connectivity index is 1.52. The molecule has 1 saturated heterocycles. The number of amides is 1. The van der Waals surface area contributed by atoms with Gasteiger partial charge in [-0.15, -0.1) is 0 Å². The lowest BCUT2D eigenvalue weighted by Gasteiger charge is -2.26. The third kappa shape index (κ3) is 4.12. The lowest BCUT2D eigenvalue weighted by Crippen LogP contribution is -2.44. The second-order valence-electron chi connectivity index (χ2n) is 7.94. The zero-order valence-corrected chi connectivity index (χ0v) is 17.3. The van der Waals surface area contributed by atoms with Crippen LogP contribution in [0.2, 0.25) is 0 Å². The Kier molecular flexibility index (Phi) is 5.06. The van der Waals surface area contributed by atoms with Crippen LogP contribution >= 0.6 is 0 Å². The minimum absolute atomic E-state index is 0.0460. The zero-order chi connectivity index (χ0) is 20.8. The fourth-order valence-corrected chi connectivity index (χ4v) is 5.55. The first-order valence-electron chi connectivity index (χ1n) is 9.83. The van der Waals surface area contributed by atoms with Gasteiger partial charge in [0.1, 0.15) is 0 Å². The average Bonchev–Trinajstić information content (AvgIpc) is 3.48. The highest BCUT2D eigenvalue weighted by Gasteiger charge is 2.35. The topological polar surface area (TPSA) is 93.6 Å². The van der Waals surface area contributed by atoms with E-state index in [0.717, 1.165) is 24.1 Å². The molecule has 2 aromatic rings. The minimum Gasteiger partial charge on any atom is -0.449 e. The van der Waals surface area contributed by atoms with Gasteiger partial charge in [-0.3, -0.25) is 9.78 Å². The van der Waals surface area contributed by atoms with Gasteiger partial charge in [-0.05, 0) is 38.3 Å². The summed E-state index contributed by atoms with van der Waals surface area (Å²) in [6.07, 6.45) is 1.52. The van der Waals surface area contributed by atoms with Crippen LogP contribution in [0.3, 0.4) is 0 Å². The maximum atomic E-state index is 12.9. The van der Waals surface area contributed by atoms with Gasteiger partial charge in [-0.2, -0.15) is 0 Å². The monoisotopic (exact) mass is 416 g/mol. The maximum absolute atomic E-state index is 12.9. The first-order chi connectivity index (χ1) is 13.7. The summed E-state index contributed by atoms with van der Waals surface area (Å²) in [6, 6.07) is 8.78. The lowest BCUT2D eigenvalue weighted by molar-refractivity contribution is -0.140. The van der Waals surface area contributed by atoms with E-state index in [-0.39, 0.29) is 17.5 Å². The second kappa shape index (κ2) is 7.40. The standard InChI is InChI=1S/C21H24N2O5S/c1-13(20(24)23(2)15-9-10-29(26,27)12-15)28-21(25)17-11-19(14-7-8-14)22-18-6-4-3-5-16(17)18/h3-6,11,13-15H,7-10,12H2,1-2H3/t13-,15-/m1/s1. The molecule has 29 heavy (non-hydrogen) atoms. The zero-order valence-electron chi connectivity index (χ0n) is 16.5. The summed E-state index contributed by atoms with van der Waals surface area (Å²) in [5.41, 5.74) is 2.02. The smallest absolute Gasteiger partial charge is 0.339 e. The predicted octanol–water partition coefficient (Wildman–Crippen LogP) is 2.30. The van der Waals surface area contributed by atoms with Crippen molar-refractivity contribution in [1.82, 2.24) is 9.88 Å². The van der Waals surface area contributed by atoms with Crippen LogP contribution in [0, 0.1) is 0 Å². The van der Waals surface area contributed by atoms with Crippen LogP contribution in [0.5, 0.6) is 0 Å². The highest BCUT2D eigenvalue weighted by atomic mass is 32.2. The van der Waals surface area contributed by atoms with E-state index in [4.69, 9.17) is 4.74 Å². The van der Waals surface area contributed by atoms with Gasteiger partial charge in [0.2, 0.25) is 0 Å². The molecular formula is C21H24N2O5S. The summed E-state index contributed by atoms with van der Waals surface area (Å²) in [7, 11) is -1.54. The molecule has 1 aromatic heterocycles. The molecule has 2 fully saturated rings. The molecule has 4 rings (SSSR count). The van der Waals surface area contributed by atoms with Crippen LogP contribution in [0.1, 0.15) is 48.2 Å². The Morgan fingerprint density at radius 3 is 2.59 bits per heavy atom. The highest BCUT2D eigenvalue weighted by Crippen LogP contribution is 2.40. The van der Waals surface area contributed by atoms with Crippen molar-refractivity contribution in [3.05, 3.63) is 41.6 Å². The molecule has 2 atom stereocenters. The average molecular weight is 416 g/mol. The molecule has 1 amide bonds. The van der Waals surface area contributed by atoms with E-state index < -0.39 is 27.8 Å². The van der Waals surface area contributed by atoms with Crippen molar-refractivity contribution < 1.29 is 22.7 Å². The van der Waals surface area contributed by atoms with Gasteiger partial charge in [0.25, 0.3) is 5.91 Å². The fourth-order valence-electron chi connectivity index (χ4n) is 3.78. The van der Waals surface area contributed by atoms with Crippen molar-refractivity contribution in [3.8, 4) is 0 Å². The number of benzene rings is 1. The van der Waals surface area contributed by atoms with E-state index in [1.165, 1.54) is 11.8 Å². The second-order valence-corrected chi connectivity index (χ2v) is 10.2. The molecule has 0 radical (unpaired) electrons. The molecule has 7 nitrogen and oxygen atoms in total. The largest absolute Gasteiger partial charge is 0.449 e. The van der Waals surface area contributed by atoms with Crippen LogP contribution < -0.4 is 0 Å². The van der Waals surface area contributed by atoms with E-state index in [1.54, 1.807) is 13.1 Å². The molecule has 0 N–H and O–H groups in total. The van der Waals surface area contributed by atoms with Gasteiger partial charge in [0.05, 0.1) is 22.6 Å². The van der Waals surface area contributed by atoms with Gasteiger partial charge in [-0.25, -0.2) is 13.2 Å². The number of para-hydroxylation sites is 1. The number of hydrogen-bond donors (Lipinski definition) is 0. The number of sulfone groups is 1. The van der Waals surface area contributed by atoms with Crippen molar-refractivity contribution in [3.63, 3.8) is 0 Å². The van der Waals surface area contributed by atoms with Crippen LogP contribution in [0.25, 0.3) is 10.9 Å². The molecule has 1 aromatic carbocycles. The number of rotatable bonds is 5. The van der Waals surface area contributed by atoms with Crippen LogP contribution in [-0.4, -0.2) is 60.9 Å². The Morgan fingerprint density at radius 1 is 1.21 bits per heavy atom. The molecule has 1 aliphatic carbocycles. The first kappa shape index (κ1) is 19.8. The van der Waals surface area contributed by atoms with Crippen molar-refractivity contribution in [1.29, 1.82) is 0 Å². The highest BCUT2D eigenvalue weighted by molar-refractivity contribution is 7.91. The quantitative estimate of drug-likeness (QED) is 0.695. The maximum Gasteiger partial charge on any atom is 0.339 e. The Labute approximate surface area is 170 Å². The lowest BCUT2D eigenvalue weighted by atomic mass is 10.1. The molecule has 0 unspecified atom stereocenters. The predicted molar refractivity (Wildman–Crippen MR) is 108 cm³/mol. The summed E-state index contributed by atoms with van der Waals surface area (Å²) >= 11 is 0. The van der Waals surface area contributed by atoms with Gasteiger partial charge in [0, 0.05) is 30.1 Å². The van der Waals surface area contributed by atoms with E-state index in [0.29, 0.717) is 23.3 Å². The van der Waals surface area contributed by atoms with Gasteiger partial charge in [0.15, 0.2) is 15.9 Å². The first-order valence-corrected chi connectivity index (χ1v) is 11.6. The van der Waals surface area contributed by atoms with Gasteiger partial charge < -0.3 is 9.64 Å². The number of pyridine rings is 1. The Morgan fingerprint density at radius 2 is 1.93 bits per heavy atom. The number of carbonyl (C=O) groups is 2. The van der Waals surface area contributed by atoms with E-state index in [1.807, 2.05) is 24.3 Å². The number of likely N-dealkylation sites (N-methyl/N-ethyl adjacent to an activating group) is 1. The SMILES string of the molecule is C[C@@H](OC(=O)c1cc(C2CC2)nc2ccccc12)C(=O)N(C)[C@@H]1CCS(=O)(=O)C1. The summed E-state index contributed by atoms with van der Waals surface area (Å²) in [5.74, 6) is -0.563. The van der Waals surface area contributed by atoms with Crippen LogP contribution in [-0.2, 0) is 19.4 Å². The minimum atomic E-state index is -3.11. The Hall–Kier alpha value is -2.48. The number of aromatic nitrogens is 1. The third-order valence-electron chi connectivity index (χ3n) is 5.69. The third-order valence-corrected chi connectivity index (χ3v) is 7.44. The summed E-state index contributed by atoms with van der Waals surface area (Å²) in [4.78, 5) is 31.6. The van der Waals surface area contributed by atoms with E-state index in [9.17, 15) is 18.0 Å². The molecule has 1 aliphatic heterocycles. The van der Waals surface area contributed by atoms with Crippen LogP contribution in [0.15, 0.2) is 30.3 Å².